The van der Waals surface area contributed by atoms with Gasteiger partial charge in [-0.25, -0.2) is 4.68 Å². The number of phenolic OH excluding ortho intramolecular Hbond substituents is 1. The molecule has 0 atom stereocenters. The number of rotatable bonds is 2. The Labute approximate surface area is 100 Å². The summed E-state index contributed by atoms with van der Waals surface area (Å²) in [6.07, 6.45) is 0. The Bertz CT molecular complexity index is 717. The Hall–Kier alpha value is -1.78. The largest absolute Gasteiger partial charge is 0.506 e. The molecule has 0 amide bonds. The smallest absolute Gasteiger partial charge is 0.298 e. The highest BCUT2D eigenvalue weighted by molar-refractivity contribution is 7.86. The molecule has 1 aromatic carbocycles. The maximum absolute atomic E-state index is 11.0. The number of nitrogens with zero attached hydrogens (tertiary/aromatic N) is 3. The van der Waals surface area contributed by atoms with Crippen molar-refractivity contribution in [3.05, 3.63) is 23.0 Å². The summed E-state index contributed by atoms with van der Waals surface area (Å²) in [7, 11) is -4.51. The van der Waals surface area contributed by atoms with Crippen LogP contribution in [0.25, 0.3) is 5.69 Å². The lowest BCUT2D eigenvalue weighted by Crippen LogP contribution is -2.02. The number of tetrazole rings is 1. The minimum atomic E-state index is -4.51. The van der Waals surface area contributed by atoms with E-state index in [1.165, 1.54) is 10.7 Å². The van der Waals surface area contributed by atoms with Gasteiger partial charge in [-0.3, -0.25) is 4.55 Å². The Morgan fingerprint density at radius 3 is 2.65 bits per heavy atom. The molecule has 0 aliphatic heterocycles. The molecule has 0 bridgehead atoms. The standard InChI is InChI=1S/C7H6N4O4S2/c12-5-2-1-4(3-6(5)17(13,14)15)11-7(16)8-9-10-11/h1-3,12H,(H,8,10,16)(H,13,14,15). The third kappa shape index (κ3) is 2.18. The molecular weight excluding hydrogens is 268 g/mol. The van der Waals surface area contributed by atoms with Crippen molar-refractivity contribution in [2.24, 2.45) is 0 Å². The lowest BCUT2D eigenvalue weighted by Gasteiger charge is -2.04. The fraction of sp³-hybridized carbons (Fsp3) is 0. The van der Waals surface area contributed by atoms with Crippen LogP contribution in [0.3, 0.4) is 0 Å². The average Bonchev–Trinajstić information content (AvgIpc) is 2.63. The second-order valence-electron chi connectivity index (χ2n) is 3.05. The topological polar surface area (TPSA) is 121 Å². The van der Waals surface area contributed by atoms with E-state index in [0.29, 0.717) is 0 Å². The molecule has 0 spiro atoms. The fourth-order valence-corrected chi connectivity index (χ4v) is 2.00. The molecule has 0 fully saturated rings. The maximum atomic E-state index is 11.0. The SMILES string of the molecule is O=S(=O)(O)c1cc(-n2[nH]nnc2=S)ccc1O. The monoisotopic (exact) mass is 274 g/mol. The number of aromatic hydroxyl groups is 1. The lowest BCUT2D eigenvalue weighted by molar-refractivity contribution is 0.443. The summed E-state index contributed by atoms with van der Waals surface area (Å²) in [6, 6.07) is 3.54. The van der Waals surface area contributed by atoms with Crippen LogP contribution in [0.5, 0.6) is 5.75 Å². The van der Waals surface area contributed by atoms with Gasteiger partial charge in [-0.1, -0.05) is 10.3 Å². The Morgan fingerprint density at radius 2 is 2.12 bits per heavy atom. The molecule has 2 aromatic rings. The zero-order valence-electron chi connectivity index (χ0n) is 8.10. The number of aromatic amines is 1. The quantitative estimate of drug-likeness (QED) is 0.531. The summed E-state index contributed by atoms with van der Waals surface area (Å²) >= 11 is 4.82. The molecule has 8 nitrogen and oxygen atoms in total. The van der Waals surface area contributed by atoms with Crippen LogP contribution in [-0.4, -0.2) is 38.3 Å². The number of phenols is 1. The molecule has 90 valence electrons. The summed E-state index contributed by atoms with van der Waals surface area (Å²) in [5, 5.41) is 18.7. The van der Waals surface area contributed by atoms with E-state index in [1.54, 1.807) is 0 Å². The molecule has 0 radical (unpaired) electrons. The lowest BCUT2D eigenvalue weighted by atomic mass is 10.3. The highest BCUT2D eigenvalue weighted by Crippen LogP contribution is 2.24. The fourth-order valence-electron chi connectivity index (χ4n) is 1.21. The van der Waals surface area contributed by atoms with Crippen molar-refractivity contribution in [3.8, 4) is 11.4 Å². The van der Waals surface area contributed by atoms with Gasteiger partial charge in [-0.2, -0.15) is 13.6 Å². The van der Waals surface area contributed by atoms with Crippen LogP contribution in [0.1, 0.15) is 0 Å². The van der Waals surface area contributed by atoms with Crippen molar-refractivity contribution < 1.29 is 18.1 Å². The minimum Gasteiger partial charge on any atom is -0.506 e. The van der Waals surface area contributed by atoms with E-state index >= 15 is 0 Å². The van der Waals surface area contributed by atoms with Crippen molar-refractivity contribution >= 4 is 22.3 Å². The maximum Gasteiger partial charge on any atom is 0.298 e. The predicted octanol–water partition coefficient (Wildman–Crippen LogP) is 0.277. The van der Waals surface area contributed by atoms with Crippen molar-refractivity contribution in [2.75, 3.05) is 0 Å². The number of hydrogen-bond acceptors (Lipinski definition) is 6. The van der Waals surface area contributed by atoms with Gasteiger partial charge < -0.3 is 5.11 Å². The van der Waals surface area contributed by atoms with Gasteiger partial charge >= 0.3 is 0 Å². The zero-order valence-corrected chi connectivity index (χ0v) is 9.73. The van der Waals surface area contributed by atoms with Crippen molar-refractivity contribution in [1.82, 2.24) is 20.2 Å². The summed E-state index contributed by atoms with van der Waals surface area (Å²) in [4.78, 5) is -0.619. The van der Waals surface area contributed by atoms with E-state index in [9.17, 15) is 13.5 Å². The summed E-state index contributed by atoms with van der Waals surface area (Å²) in [5.41, 5.74) is 0.269. The minimum absolute atomic E-state index is 0.0805. The van der Waals surface area contributed by atoms with Gasteiger partial charge in [0.25, 0.3) is 10.1 Å². The van der Waals surface area contributed by atoms with Crippen molar-refractivity contribution in [3.63, 3.8) is 0 Å². The Kier molecular flexibility index (Phi) is 2.69. The number of H-pyrrole nitrogens is 1. The zero-order chi connectivity index (χ0) is 12.6. The number of hydrogen-bond donors (Lipinski definition) is 3. The van der Waals surface area contributed by atoms with Crippen molar-refractivity contribution in [2.45, 2.75) is 4.90 Å². The molecule has 3 N–H and O–H groups in total. The van der Waals surface area contributed by atoms with E-state index in [-0.39, 0.29) is 10.5 Å². The first-order valence-electron chi connectivity index (χ1n) is 4.20. The van der Waals surface area contributed by atoms with E-state index in [1.807, 2.05) is 0 Å². The van der Waals surface area contributed by atoms with Gasteiger partial charge in [0, 0.05) is 0 Å². The predicted molar refractivity (Wildman–Crippen MR) is 58.0 cm³/mol. The summed E-state index contributed by atoms with van der Waals surface area (Å²) in [5.74, 6) is -0.560. The van der Waals surface area contributed by atoms with Crippen LogP contribution in [0.15, 0.2) is 23.1 Å². The molecule has 17 heavy (non-hydrogen) atoms. The van der Waals surface area contributed by atoms with Gasteiger partial charge in [0.05, 0.1) is 5.69 Å². The molecule has 1 heterocycles. The van der Waals surface area contributed by atoms with Gasteiger partial charge in [0.1, 0.15) is 10.6 Å². The molecule has 1 aromatic heterocycles. The van der Waals surface area contributed by atoms with Crippen molar-refractivity contribution in [1.29, 1.82) is 0 Å². The van der Waals surface area contributed by atoms with Crippen LogP contribution in [0, 0.1) is 4.77 Å². The number of nitrogens with one attached hydrogen (secondary N) is 1. The highest BCUT2D eigenvalue weighted by Gasteiger charge is 2.16. The van der Waals surface area contributed by atoms with Crippen LogP contribution in [-0.2, 0) is 10.1 Å². The third-order valence-corrected chi connectivity index (χ3v) is 3.10. The van der Waals surface area contributed by atoms with Gasteiger partial charge in [0.2, 0.25) is 4.77 Å². The molecular formula is C7H6N4O4S2. The van der Waals surface area contributed by atoms with Crippen LogP contribution >= 0.6 is 12.2 Å². The highest BCUT2D eigenvalue weighted by atomic mass is 32.2. The summed E-state index contributed by atoms with van der Waals surface area (Å²) in [6.45, 7) is 0. The second-order valence-corrected chi connectivity index (χ2v) is 4.80. The Balaban J connectivity index is 2.68. The van der Waals surface area contributed by atoms with E-state index in [2.05, 4.69) is 15.5 Å². The van der Waals surface area contributed by atoms with E-state index in [4.69, 9.17) is 16.8 Å². The first-order valence-corrected chi connectivity index (χ1v) is 6.05. The molecule has 0 saturated carbocycles. The normalized spacial score (nSPS) is 11.6. The van der Waals surface area contributed by atoms with Crippen LogP contribution in [0.4, 0.5) is 0 Å². The summed E-state index contributed by atoms with van der Waals surface area (Å²) < 4.78 is 32.1. The van der Waals surface area contributed by atoms with Gasteiger partial charge in [-0.15, -0.1) is 0 Å². The molecule has 0 aliphatic carbocycles. The van der Waals surface area contributed by atoms with Crippen LogP contribution in [0.2, 0.25) is 0 Å². The first-order chi connectivity index (χ1) is 7.89. The molecule has 0 aliphatic rings. The van der Waals surface area contributed by atoms with Gasteiger partial charge in [0.15, 0.2) is 0 Å². The first kappa shape index (κ1) is 11.7. The number of benzene rings is 1. The molecule has 0 saturated heterocycles. The third-order valence-electron chi connectivity index (χ3n) is 1.95. The number of aromatic nitrogens is 4. The molecule has 2 rings (SSSR count). The second kappa shape index (κ2) is 3.91. The molecule has 0 unspecified atom stereocenters. The van der Waals surface area contributed by atoms with E-state index in [0.717, 1.165) is 12.1 Å². The van der Waals surface area contributed by atoms with Crippen LogP contribution < -0.4 is 0 Å². The Morgan fingerprint density at radius 1 is 1.41 bits per heavy atom. The van der Waals surface area contributed by atoms with E-state index < -0.39 is 20.8 Å². The van der Waals surface area contributed by atoms with Gasteiger partial charge in [-0.05, 0) is 30.4 Å². The average molecular weight is 274 g/mol. The molecule has 10 heteroatoms.